The predicted molar refractivity (Wildman–Crippen MR) is 121 cm³/mol. The Morgan fingerprint density at radius 2 is 1.90 bits per heavy atom. The lowest BCUT2D eigenvalue weighted by Crippen LogP contribution is -2.28. The highest BCUT2D eigenvalue weighted by molar-refractivity contribution is 7.99. The van der Waals surface area contributed by atoms with Gasteiger partial charge in [-0.25, -0.2) is 13.4 Å². The average molecular weight is 478 g/mol. The first-order valence-electron chi connectivity index (χ1n) is 9.64. The molecule has 0 bridgehead atoms. The summed E-state index contributed by atoms with van der Waals surface area (Å²) in [6.45, 7) is 1.01. The van der Waals surface area contributed by atoms with E-state index in [-0.39, 0.29) is 27.3 Å². The molecule has 0 atom stereocenters. The smallest absolute Gasteiger partial charge is 0.243 e. The van der Waals surface area contributed by atoms with E-state index in [0.717, 1.165) is 30.2 Å². The normalized spacial score (nSPS) is 14.6. The van der Waals surface area contributed by atoms with Gasteiger partial charge >= 0.3 is 0 Å². The third-order valence-corrected chi connectivity index (χ3v) is 7.83. The van der Waals surface area contributed by atoms with Gasteiger partial charge in [0.1, 0.15) is 0 Å². The molecule has 0 saturated carbocycles. The number of rotatable bonds is 7. The third kappa shape index (κ3) is 5.09. The number of benzene rings is 2. The van der Waals surface area contributed by atoms with E-state index in [2.05, 4.69) is 20.5 Å². The van der Waals surface area contributed by atoms with E-state index in [1.807, 2.05) is 30.3 Å². The number of thioether (sulfide) groups is 1. The standard InChI is InChI=1S/C20H20ClN5O3S2/c21-16-9-8-15(31(28,29)26-10-4-5-11-26)12-17(16)22-18(27)13-30-20-23-19(24-25-20)14-6-2-1-3-7-14/h1-3,6-9,12H,4-5,10-11,13H2,(H,22,27)(H,23,24,25). The molecule has 0 unspecified atom stereocenters. The minimum atomic E-state index is -3.60. The number of carbonyl (C=O) groups excluding carboxylic acids is 1. The van der Waals surface area contributed by atoms with Crippen LogP contribution < -0.4 is 5.32 Å². The minimum Gasteiger partial charge on any atom is -0.324 e. The number of aromatic nitrogens is 3. The first kappa shape index (κ1) is 21.8. The number of hydrogen-bond donors (Lipinski definition) is 2. The van der Waals surface area contributed by atoms with Crippen LogP contribution in [0.4, 0.5) is 5.69 Å². The molecular formula is C20H20ClN5O3S2. The monoisotopic (exact) mass is 477 g/mol. The fraction of sp³-hybridized carbons (Fsp3) is 0.250. The van der Waals surface area contributed by atoms with E-state index in [0.29, 0.717) is 24.1 Å². The Morgan fingerprint density at radius 1 is 1.16 bits per heavy atom. The van der Waals surface area contributed by atoms with Crippen molar-refractivity contribution in [2.45, 2.75) is 22.9 Å². The van der Waals surface area contributed by atoms with Crippen molar-refractivity contribution in [3.63, 3.8) is 0 Å². The van der Waals surface area contributed by atoms with Gasteiger partial charge in [-0.05, 0) is 31.0 Å². The van der Waals surface area contributed by atoms with Gasteiger partial charge in [-0.1, -0.05) is 53.7 Å². The minimum absolute atomic E-state index is 0.0471. The molecule has 0 spiro atoms. The molecule has 4 rings (SSSR count). The van der Waals surface area contributed by atoms with E-state index < -0.39 is 10.0 Å². The molecule has 2 heterocycles. The van der Waals surface area contributed by atoms with Crippen LogP contribution in [0.1, 0.15) is 12.8 Å². The summed E-state index contributed by atoms with van der Waals surface area (Å²) in [5.74, 6) is 0.325. The summed E-state index contributed by atoms with van der Waals surface area (Å²) >= 11 is 7.34. The summed E-state index contributed by atoms with van der Waals surface area (Å²) in [7, 11) is -3.60. The van der Waals surface area contributed by atoms with Crippen molar-refractivity contribution in [1.82, 2.24) is 19.5 Å². The summed E-state index contributed by atoms with van der Waals surface area (Å²) in [4.78, 5) is 16.9. The zero-order valence-electron chi connectivity index (χ0n) is 16.4. The third-order valence-electron chi connectivity index (χ3n) is 4.76. The number of aromatic amines is 1. The summed E-state index contributed by atoms with van der Waals surface area (Å²) in [5, 5.41) is 10.3. The van der Waals surface area contributed by atoms with Crippen molar-refractivity contribution in [1.29, 1.82) is 0 Å². The molecule has 0 aliphatic carbocycles. The first-order valence-corrected chi connectivity index (χ1v) is 12.4. The fourth-order valence-corrected chi connectivity index (χ4v) is 5.50. The van der Waals surface area contributed by atoms with Gasteiger partial charge < -0.3 is 5.32 Å². The van der Waals surface area contributed by atoms with Gasteiger partial charge in [-0.2, -0.15) is 4.31 Å². The first-order chi connectivity index (χ1) is 14.9. The van der Waals surface area contributed by atoms with E-state index in [9.17, 15) is 13.2 Å². The average Bonchev–Trinajstić information content (AvgIpc) is 3.47. The summed E-state index contributed by atoms with van der Waals surface area (Å²) in [6, 6.07) is 13.9. The maximum Gasteiger partial charge on any atom is 0.243 e. The van der Waals surface area contributed by atoms with Crippen molar-refractivity contribution in [2.75, 3.05) is 24.2 Å². The van der Waals surface area contributed by atoms with Crippen LogP contribution in [0.25, 0.3) is 11.4 Å². The van der Waals surface area contributed by atoms with Gasteiger partial charge in [0.2, 0.25) is 21.1 Å². The van der Waals surface area contributed by atoms with Gasteiger partial charge in [0.05, 0.1) is 21.4 Å². The molecular weight excluding hydrogens is 458 g/mol. The van der Waals surface area contributed by atoms with Crippen LogP contribution in [0, 0.1) is 0 Å². The van der Waals surface area contributed by atoms with Gasteiger partial charge in [0.15, 0.2) is 5.82 Å². The lowest BCUT2D eigenvalue weighted by Gasteiger charge is -2.16. The Labute approximate surface area is 189 Å². The number of hydrogen-bond acceptors (Lipinski definition) is 6. The van der Waals surface area contributed by atoms with Gasteiger partial charge in [-0.15, -0.1) is 5.10 Å². The van der Waals surface area contributed by atoms with Crippen LogP contribution in [0.2, 0.25) is 5.02 Å². The highest BCUT2D eigenvalue weighted by Crippen LogP contribution is 2.29. The molecule has 31 heavy (non-hydrogen) atoms. The molecule has 2 aromatic carbocycles. The molecule has 8 nitrogen and oxygen atoms in total. The molecule has 1 amide bonds. The quantitative estimate of drug-likeness (QED) is 0.503. The maximum atomic E-state index is 12.8. The molecule has 1 aromatic heterocycles. The van der Waals surface area contributed by atoms with E-state index >= 15 is 0 Å². The van der Waals surface area contributed by atoms with Crippen LogP contribution in [0.3, 0.4) is 0 Å². The van der Waals surface area contributed by atoms with Crippen LogP contribution in [-0.2, 0) is 14.8 Å². The Hall–Kier alpha value is -2.40. The molecule has 1 fully saturated rings. The van der Waals surface area contributed by atoms with E-state index in [1.165, 1.54) is 22.5 Å². The van der Waals surface area contributed by atoms with Crippen molar-refractivity contribution < 1.29 is 13.2 Å². The molecule has 3 aromatic rings. The zero-order valence-corrected chi connectivity index (χ0v) is 18.8. The Kier molecular flexibility index (Phi) is 6.61. The molecule has 1 aliphatic rings. The lowest BCUT2D eigenvalue weighted by atomic mass is 10.2. The van der Waals surface area contributed by atoms with Crippen molar-refractivity contribution in [3.8, 4) is 11.4 Å². The number of halogens is 1. The predicted octanol–water partition coefficient (Wildman–Crippen LogP) is 3.64. The maximum absolute atomic E-state index is 12.8. The zero-order chi connectivity index (χ0) is 21.8. The number of nitrogens with zero attached hydrogens (tertiary/aromatic N) is 3. The Morgan fingerprint density at radius 3 is 2.65 bits per heavy atom. The number of nitrogens with one attached hydrogen (secondary N) is 2. The van der Waals surface area contributed by atoms with Crippen LogP contribution in [0.15, 0.2) is 58.6 Å². The highest BCUT2D eigenvalue weighted by Gasteiger charge is 2.27. The highest BCUT2D eigenvalue weighted by atomic mass is 35.5. The summed E-state index contributed by atoms with van der Waals surface area (Å²) in [5.41, 5.74) is 1.15. The van der Waals surface area contributed by atoms with Crippen LogP contribution >= 0.6 is 23.4 Å². The van der Waals surface area contributed by atoms with Crippen molar-refractivity contribution in [2.24, 2.45) is 0 Å². The Balaban J connectivity index is 1.40. The largest absolute Gasteiger partial charge is 0.324 e. The number of amides is 1. The number of H-pyrrole nitrogens is 1. The van der Waals surface area contributed by atoms with Crippen molar-refractivity contribution in [3.05, 3.63) is 53.6 Å². The molecule has 11 heteroatoms. The summed E-state index contributed by atoms with van der Waals surface area (Å²) in [6.07, 6.45) is 1.70. The van der Waals surface area contributed by atoms with E-state index in [1.54, 1.807) is 0 Å². The second kappa shape index (κ2) is 9.39. The molecule has 162 valence electrons. The molecule has 1 saturated heterocycles. The second-order valence-corrected chi connectivity index (χ2v) is 10.2. The Bertz CT molecular complexity index is 1180. The SMILES string of the molecule is O=C(CSc1n[nH]c(-c2ccccc2)n1)Nc1cc(S(=O)(=O)N2CCCC2)ccc1Cl. The van der Waals surface area contributed by atoms with Gasteiger partial charge in [-0.3, -0.25) is 9.89 Å². The number of carbonyl (C=O) groups is 1. The fourth-order valence-electron chi connectivity index (χ4n) is 3.19. The number of sulfonamides is 1. The lowest BCUT2D eigenvalue weighted by molar-refractivity contribution is -0.113. The molecule has 0 radical (unpaired) electrons. The topological polar surface area (TPSA) is 108 Å². The van der Waals surface area contributed by atoms with E-state index in [4.69, 9.17) is 11.6 Å². The van der Waals surface area contributed by atoms with Crippen LogP contribution in [-0.4, -0.2) is 52.7 Å². The van der Waals surface area contributed by atoms with Gasteiger partial charge in [0, 0.05) is 18.7 Å². The van der Waals surface area contributed by atoms with Gasteiger partial charge in [0.25, 0.3) is 0 Å². The second-order valence-electron chi connectivity index (χ2n) is 6.92. The number of anilines is 1. The molecule has 2 N–H and O–H groups in total. The summed E-state index contributed by atoms with van der Waals surface area (Å²) < 4.78 is 27.0. The molecule has 1 aliphatic heterocycles. The van der Waals surface area contributed by atoms with Crippen molar-refractivity contribution >= 4 is 45.0 Å². The van der Waals surface area contributed by atoms with Crippen LogP contribution in [0.5, 0.6) is 0 Å².